The molecule has 0 atom stereocenters. The predicted molar refractivity (Wildman–Crippen MR) is 54.7 cm³/mol. The van der Waals surface area contributed by atoms with E-state index in [0.717, 1.165) is 11.4 Å². The molecule has 12 heavy (non-hydrogen) atoms. The van der Waals surface area contributed by atoms with Crippen LogP contribution in [-0.2, 0) is 5.54 Å². The standard InChI is InChI=1S/C9H16N2S/c1-8-5-11(7-10-8)9(2,3)6-12-4/h5,7H,6H2,1-4H3. The monoisotopic (exact) mass is 184 g/mol. The average Bonchev–Trinajstić information content (AvgIpc) is 2.36. The maximum Gasteiger partial charge on any atom is 0.0954 e. The summed E-state index contributed by atoms with van der Waals surface area (Å²) < 4.78 is 2.18. The van der Waals surface area contributed by atoms with Crippen LogP contribution >= 0.6 is 11.8 Å². The molecule has 0 aliphatic carbocycles. The Morgan fingerprint density at radius 1 is 1.58 bits per heavy atom. The minimum atomic E-state index is 0.181. The van der Waals surface area contributed by atoms with Gasteiger partial charge in [-0.05, 0) is 27.0 Å². The highest BCUT2D eigenvalue weighted by atomic mass is 32.2. The van der Waals surface area contributed by atoms with Crippen molar-refractivity contribution in [3.05, 3.63) is 18.2 Å². The lowest BCUT2D eigenvalue weighted by atomic mass is 10.1. The average molecular weight is 184 g/mol. The Balaban J connectivity index is 2.81. The van der Waals surface area contributed by atoms with E-state index in [1.54, 1.807) is 0 Å². The molecule has 1 aromatic rings. The van der Waals surface area contributed by atoms with Crippen LogP contribution in [0.25, 0.3) is 0 Å². The Morgan fingerprint density at radius 2 is 2.25 bits per heavy atom. The second kappa shape index (κ2) is 3.52. The normalized spacial score (nSPS) is 12.0. The van der Waals surface area contributed by atoms with E-state index in [1.807, 2.05) is 25.0 Å². The van der Waals surface area contributed by atoms with Gasteiger partial charge in [0.2, 0.25) is 0 Å². The number of nitrogens with zero attached hydrogens (tertiary/aromatic N) is 2. The molecular weight excluding hydrogens is 168 g/mol. The van der Waals surface area contributed by atoms with Crippen molar-refractivity contribution in [3.63, 3.8) is 0 Å². The Bertz CT molecular complexity index is 253. The molecule has 0 radical (unpaired) electrons. The van der Waals surface area contributed by atoms with Crippen molar-refractivity contribution in [2.24, 2.45) is 0 Å². The van der Waals surface area contributed by atoms with Crippen LogP contribution in [-0.4, -0.2) is 21.6 Å². The maximum absolute atomic E-state index is 4.22. The van der Waals surface area contributed by atoms with Gasteiger partial charge in [-0.3, -0.25) is 0 Å². The lowest BCUT2D eigenvalue weighted by molar-refractivity contribution is 0.405. The van der Waals surface area contributed by atoms with Crippen molar-refractivity contribution in [3.8, 4) is 0 Å². The number of thioether (sulfide) groups is 1. The third-order valence-electron chi connectivity index (χ3n) is 1.91. The Morgan fingerprint density at radius 3 is 2.67 bits per heavy atom. The van der Waals surface area contributed by atoms with Crippen LogP contribution in [0, 0.1) is 6.92 Å². The van der Waals surface area contributed by atoms with Crippen LogP contribution in [0.2, 0.25) is 0 Å². The van der Waals surface area contributed by atoms with Gasteiger partial charge in [-0.1, -0.05) is 0 Å². The molecule has 0 saturated heterocycles. The fraction of sp³-hybridized carbons (Fsp3) is 0.667. The van der Waals surface area contributed by atoms with Crippen LogP contribution in [0.5, 0.6) is 0 Å². The topological polar surface area (TPSA) is 17.8 Å². The van der Waals surface area contributed by atoms with Gasteiger partial charge in [-0.25, -0.2) is 4.98 Å². The molecule has 1 aromatic heterocycles. The van der Waals surface area contributed by atoms with Gasteiger partial charge >= 0.3 is 0 Å². The second-order valence-electron chi connectivity index (χ2n) is 3.67. The first-order valence-corrected chi connectivity index (χ1v) is 5.45. The Hall–Kier alpha value is -0.440. The SMILES string of the molecule is CSCC(C)(C)n1cnc(C)c1. The summed E-state index contributed by atoms with van der Waals surface area (Å²) in [5.41, 5.74) is 1.27. The van der Waals surface area contributed by atoms with Crippen LogP contribution in [0.15, 0.2) is 12.5 Å². The zero-order chi connectivity index (χ0) is 9.19. The molecule has 0 bridgehead atoms. The molecule has 0 unspecified atom stereocenters. The quantitative estimate of drug-likeness (QED) is 0.717. The minimum Gasteiger partial charge on any atom is -0.331 e. The van der Waals surface area contributed by atoms with Gasteiger partial charge in [0.05, 0.1) is 12.0 Å². The fourth-order valence-corrected chi connectivity index (χ4v) is 2.04. The molecule has 0 N–H and O–H groups in total. The molecule has 0 amide bonds. The van der Waals surface area contributed by atoms with E-state index in [4.69, 9.17) is 0 Å². The molecule has 2 nitrogen and oxygen atoms in total. The molecular formula is C9H16N2S. The van der Waals surface area contributed by atoms with Crippen LogP contribution in [0.4, 0.5) is 0 Å². The molecule has 0 saturated carbocycles. The molecule has 0 aliphatic rings. The van der Waals surface area contributed by atoms with Crippen molar-refractivity contribution in [1.29, 1.82) is 0 Å². The lowest BCUT2D eigenvalue weighted by Crippen LogP contribution is -2.27. The van der Waals surface area contributed by atoms with Crippen molar-refractivity contribution in [2.75, 3.05) is 12.0 Å². The molecule has 0 spiro atoms. The minimum absolute atomic E-state index is 0.181. The largest absolute Gasteiger partial charge is 0.331 e. The van der Waals surface area contributed by atoms with Crippen LogP contribution in [0.3, 0.4) is 0 Å². The van der Waals surface area contributed by atoms with Gasteiger partial charge in [0.1, 0.15) is 0 Å². The molecule has 68 valence electrons. The highest BCUT2D eigenvalue weighted by molar-refractivity contribution is 7.98. The summed E-state index contributed by atoms with van der Waals surface area (Å²) in [6.07, 6.45) is 6.13. The van der Waals surface area contributed by atoms with Gasteiger partial charge in [0, 0.05) is 17.5 Å². The smallest absolute Gasteiger partial charge is 0.0954 e. The lowest BCUT2D eigenvalue weighted by Gasteiger charge is -2.25. The molecule has 0 aromatic carbocycles. The zero-order valence-electron chi connectivity index (χ0n) is 8.16. The van der Waals surface area contributed by atoms with Crippen LogP contribution < -0.4 is 0 Å². The van der Waals surface area contributed by atoms with Gasteiger partial charge < -0.3 is 4.57 Å². The van der Waals surface area contributed by atoms with E-state index in [9.17, 15) is 0 Å². The summed E-state index contributed by atoms with van der Waals surface area (Å²) >= 11 is 1.86. The van der Waals surface area contributed by atoms with Crippen molar-refractivity contribution in [2.45, 2.75) is 26.3 Å². The highest BCUT2D eigenvalue weighted by Gasteiger charge is 2.18. The molecule has 0 fully saturated rings. The van der Waals surface area contributed by atoms with Gasteiger partial charge in [-0.15, -0.1) is 0 Å². The molecule has 1 heterocycles. The van der Waals surface area contributed by atoms with E-state index in [0.29, 0.717) is 0 Å². The summed E-state index contributed by atoms with van der Waals surface area (Å²) in [7, 11) is 0. The summed E-state index contributed by atoms with van der Waals surface area (Å²) in [5, 5.41) is 0. The predicted octanol–water partition coefficient (Wildman–Crippen LogP) is 2.29. The summed E-state index contributed by atoms with van der Waals surface area (Å²) in [6.45, 7) is 6.47. The number of hydrogen-bond acceptors (Lipinski definition) is 2. The number of imidazole rings is 1. The molecule has 3 heteroatoms. The first-order valence-electron chi connectivity index (χ1n) is 4.06. The summed E-state index contributed by atoms with van der Waals surface area (Å²) in [5.74, 6) is 1.11. The zero-order valence-corrected chi connectivity index (χ0v) is 8.98. The third kappa shape index (κ3) is 2.03. The van der Waals surface area contributed by atoms with Crippen LogP contribution in [0.1, 0.15) is 19.5 Å². The van der Waals surface area contributed by atoms with Gasteiger partial charge in [0.15, 0.2) is 0 Å². The van der Waals surface area contributed by atoms with Gasteiger partial charge in [0.25, 0.3) is 0 Å². The van der Waals surface area contributed by atoms with Crippen molar-refractivity contribution >= 4 is 11.8 Å². The summed E-state index contributed by atoms with van der Waals surface area (Å²) in [4.78, 5) is 4.22. The molecule has 1 rings (SSSR count). The first kappa shape index (κ1) is 9.65. The van der Waals surface area contributed by atoms with Gasteiger partial charge in [-0.2, -0.15) is 11.8 Å². The Kier molecular flexibility index (Phi) is 2.83. The second-order valence-corrected chi connectivity index (χ2v) is 4.53. The number of hydrogen-bond donors (Lipinski definition) is 0. The Labute approximate surface area is 78.4 Å². The summed E-state index contributed by atoms with van der Waals surface area (Å²) in [6, 6.07) is 0. The number of aromatic nitrogens is 2. The molecule has 0 aliphatic heterocycles. The maximum atomic E-state index is 4.22. The third-order valence-corrected chi connectivity index (χ3v) is 2.90. The van der Waals surface area contributed by atoms with Crippen molar-refractivity contribution in [1.82, 2.24) is 9.55 Å². The van der Waals surface area contributed by atoms with E-state index < -0.39 is 0 Å². The van der Waals surface area contributed by atoms with E-state index in [-0.39, 0.29) is 5.54 Å². The highest BCUT2D eigenvalue weighted by Crippen LogP contribution is 2.19. The van der Waals surface area contributed by atoms with E-state index in [1.165, 1.54) is 0 Å². The number of aryl methyl sites for hydroxylation is 1. The van der Waals surface area contributed by atoms with E-state index >= 15 is 0 Å². The fourth-order valence-electron chi connectivity index (χ4n) is 1.18. The van der Waals surface area contributed by atoms with E-state index in [2.05, 4.69) is 35.9 Å². The number of rotatable bonds is 3. The van der Waals surface area contributed by atoms with Crippen molar-refractivity contribution < 1.29 is 0 Å². The first-order chi connectivity index (χ1) is 5.56.